The van der Waals surface area contributed by atoms with Gasteiger partial charge in [-0.3, -0.25) is 9.59 Å². The number of nitrogens with zero attached hydrogens (tertiary/aromatic N) is 1. The minimum Gasteiger partial charge on any atom is -0.481 e. The molecule has 150 valence electrons. The van der Waals surface area contributed by atoms with Gasteiger partial charge in [0.15, 0.2) is 9.84 Å². The van der Waals surface area contributed by atoms with Gasteiger partial charge >= 0.3 is 5.97 Å². The Morgan fingerprint density at radius 2 is 2.00 bits per heavy atom. The first-order valence-electron chi connectivity index (χ1n) is 8.98. The third-order valence-electron chi connectivity index (χ3n) is 5.17. The van der Waals surface area contributed by atoms with Crippen LogP contribution in [-0.4, -0.2) is 60.9 Å². The van der Waals surface area contributed by atoms with E-state index in [0.717, 1.165) is 6.26 Å². The summed E-state index contributed by atoms with van der Waals surface area (Å²) in [7, 11) is -3.46. The number of carbonyl (C=O) groups excluding carboxylic acids is 1. The van der Waals surface area contributed by atoms with E-state index in [-0.39, 0.29) is 42.3 Å². The van der Waals surface area contributed by atoms with Crippen LogP contribution >= 0.6 is 0 Å². The van der Waals surface area contributed by atoms with Crippen LogP contribution in [-0.2, 0) is 14.6 Å². The molecule has 0 radical (unpaired) electrons. The molecule has 0 aliphatic carbocycles. The molecule has 0 saturated carbocycles. The smallest absolute Gasteiger partial charge is 0.314 e. The van der Waals surface area contributed by atoms with Crippen LogP contribution in [0.5, 0.6) is 0 Å². The Bertz CT molecular complexity index is 819. The minimum atomic E-state index is -3.46. The zero-order valence-electron chi connectivity index (χ0n) is 15.9. The van der Waals surface area contributed by atoms with Crippen molar-refractivity contribution in [2.45, 2.75) is 44.1 Å². The third-order valence-corrected chi connectivity index (χ3v) is 6.28. The van der Waals surface area contributed by atoms with Crippen molar-refractivity contribution in [1.29, 1.82) is 0 Å². The number of hydrogen-bond acceptors (Lipinski definition) is 5. The zero-order chi connectivity index (χ0) is 20.4. The number of carboxylic acid groups (broad SMARTS) is 1. The molecule has 0 bridgehead atoms. The molecule has 1 heterocycles. The first-order chi connectivity index (χ1) is 12.5. The van der Waals surface area contributed by atoms with Crippen LogP contribution < -0.4 is 0 Å². The zero-order valence-corrected chi connectivity index (χ0v) is 16.7. The summed E-state index contributed by atoms with van der Waals surface area (Å²) in [5.74, 6) is -1.27. The highest BCUT2D eigenvalue weighted by molar-refractivity contribution is 7.90. The largest absolute Gasteiger partial charge is 0.481 e. The first kappa shape index (κ1) is 21.4. The molecular weight excluding hydrogens is 370 g/mol. The van der Waals surface area contributed by atoms with E-state index in [0.29, 0.717) is 6.42 Å². The molecular formula is C19H27NO6S. The molecule has 1 aromatic carbocycles. The van der Waals surface area contributed by atoms with Gasteiger partial charge in [0.2, 0.25) is 0 Å². The average molecular weight is 397 g/mol. The van der Waals surface area contributed by atoms with Crippen molar-refractivity contribution in [3.05, 3.63) is 29.8 Å². The van der Waals surface area contributed by atoms with E-state index in [9.17, 15) is 28.2 Å². The van der Waals surface area contributed by atoms with Crippen LogP contribution in [0.2, 0.25) is 0 Å². The van der Waals surface area contributed by atoms with Gasteiger partial charge in [0.05, 0.1) is 11.0 Å². The summed E-state index contributed by atoms with van der Waals surface area (Å²) in [6.45, 7) is 4.08. The van der Waals surface area contributed by atoms with Gasteiger partial charge in [-0.25, -0.2) is 8.42 Å². The van der Waals surface area contributed by atoms with E-state index < -0.39 is 33.2 Å². The van der Waals surface area contributed by atoms with Crippen LogP contribution in [0.4, 0.5) is 0 Å². The maximum absolute atomic E-state index is 12.9. The second-order valence-corrected chi connectivity index (χ2v) is 9.74. The van der Waals surface area contributed by atoms with E-state index in [1.165, 1.54) is 29.2 Å². The summed E-state index contributed by atoms with van der Waals surface area (Å²) in [4.78, 5) is 26.3. The second-order valence-electron chi connectivity index (χ2n) is 7.72. The number of aliphatic carboxylic acids is 1. The summed E-state index contributed by atoms with van der Waals surface area (Å²) in [6.07, 6.45) is 1.10. The number of benzene rings is 1. The number of likely N-dealkylation sites (tertiary alicyclic amines) is 1. The van der Waals surface area contributed by atoms with Crippen molar-refractivity contribution in [1.82, 2.24) is 4.90 Å². The minimum absolute atomic E-state index is 0.0368. The Kier molecular flexibility index (Phi) is 6.32. The van der Waals surface area contributed by atoms with Gasteiger partial charge in [0, 0.05) is 24.9 Å². The average Bonchev–Trinajstić information content (AvgIpc) is 2.59. The van der Waals surface area contributed by atoms with Gasteiger partial charge in [0.25, 0.3) is 5.91 Å². The Morgan fingerprint density at radius 1 is 1.33 bits per heavy atom. The highest BCUT2D eigenvalue weighted by Crippen LogP contribution is 2.37. The molecule has 7 nitrogen and oxygen atoms in total. The van der Waals surface area contributed by atoms with Gasteiger partial charge in [-0.15, -0.1) is 0 Å². The lowest BCUT2D eigenvalue weighted by molar-refractivity contribution is -0.163. The fourth-order valence-electron chi connectivity index (χ4n) is 3.40. The number of piperidine rings is 1. The third kappa shape index (κ3) is 4.68. The first-order valence-corrected chi connectivity index (χ1v) is 10.9. The highest BCUT2D eigenvalue weighted by Gasteiger charge is 2.49. The molecule has 8 heteroatoms. The molecule has 1 aliphatic rings. The molecule has 1 aliphatic heterocycles. The standard InChI is InChI=1S/C19H27NO6S/c1-13(2)7-9-19(18(23)24)12-20(10-8-16(19)21)17(22)14-5-4-6-15(11-14)27(3,25)26/h4-6,11,13,16,21H,7-10,12H2,1-3H3,(H,23,24)/t16-,19+/m0/s1. The Hall–Kier alpha value is -1.93. The molecule has 0 spiro atoms. The van der Waals surface area contributed by atoms with Crippen LogP contribution in [0.25, 0.3) is 0 Å². The number of aliphatic hydroxyl groups is 1. The van der Waals surface area contributed by atoms with Crippen LogP contribution in [0, 0.1) is 11.3 Å². The Morgan fingerprint density at radius 3 is 2.56 bits per heavy atom. The van der Waals surface area contributed by atoms with E-state index >= 15 is 0 Å². The predicted molar refractivity (Wildman–Crippen MR) is 100 cm³/mol. The number of aliphatic hydroxyl groups excluding tert-OH is 1. The van der Waals surface area contributed by atoms with Crippen LogP contribution in [0.15, 0.2) is 29.2 Å². The van der Waals surface area contributed by atoms with Crippen molar-refractivity contribution in [3.8, 4) is 0 Å². The molecule has 2 N–H and O–H groups in total. The summed E-state index contributed by atoms with van der Waals surface area (Å²) >= 11 is 0. The van der Waals surface area contributed by atoms with Gasteiger partial charge in [0.1, 0.15) is 5.41 Å². The summed E-state index contributed by atoms with van der Waals surface area (Å²) in [5.41, 5.74) is -1.22. The number of carboxylic acids is 1. The van der Waals surface area contributed by atoms with E-state index in [1.807, 2.05) is 13.8 Å². The summed E-state index contributed by atoms with van der Waals surface area (Å²) in [5, 5.41) is 20.2. The van der Waals surface area contributed by atoms with Crippen molar-refractivity contribution < 1.29 is 28.2 Å². The van der Waals surface area contributed by atoms with Crippen LogP contribution in [0.3, 0.4) is 0 Å². The lowest BCUT2D eigenvalue weighted by Crippen LogP contribution is -2.57. The lowest BCUT2D eigenvalue weighted by Gasteiger charge is -2.43. The highest BCUT2D eigenvalue weighted by atomic mass is 32.2. The SMILES string of the molecule is CC(C)CC[C@@]1(C(=O)O)CN(C(=O)c2cccc(S(C)(=O)=O)c2)CC[C@@H]1O. The second kappa shape index (κ2) is 7.98. The molecule has 1 fully saturated rings. The maximum atomic E-state index is 12.9. The quantitative estimate of drug-likeness (QED) is 0.757. The summed E-state index contributed by atoms with van der Waals surface area (Å²) in [6, 6.07) is 5.72. The Balaban J connectivity index is 2.31. The topological polar surface area (TPSA) is 112 Å². The fourth-order valence-corrected chi connectivity index (χ4v) is 4.07. The van der Waals surface area contributed by atoms with E-state index in [1.54, 1.807) is 0 Å². The van der Waals surface area contributed by atoms with Gasteiger partial charge < -0.3 is 15.1 Å². The molecule has 2 atom stereocenters. The van der Waals surface area contributed by atoms with Gasteiger partial charge in [-0.2, -0.15) is 0 Å². The fraction of sp³-hybridized carbons (Fsp3) is 0.579. The molecule has 1 amide bonds. The Labute approximate surface area is 159 Å². The van der Waals surface area contributed by atoms with E-state index in [4.69, 9.17) is 0 Å². The van der Waals surface area contributed by atoms with Crippen molar-refractivity contribution in [3.63, 3.8) is 0 Å². The number of carbonyl (C=O) groups is 2. The van der Waals surface area contributed by atoms with Crippen molar-refractivity contribution in [2.75, 3.05) is 19.3 Å². The maximum Gasteiger partial charge on any atom is 0.314 e. The number of rotatable bonds is 6. The van der Waals surface area contributed by atoms with Gasteiger partial charge in [-0.1, -0.05) is 19.9 Å². The monoisotopic (exact) mass is 397 g/mol. The molecule has 1 aromatic rings. The molecule has 1 saturated heterocycles. The predicted octanol–water partition coefficient (Wildman–Crippen LogP) is 1.80. The van der Waals surface area contributed by atoms with E-state index in [2.05, 4.69) is 0 Å². The normalized spacial score (nSPS) is 23.4. The molecule has 2 rings (SSSR count). The van der Waals surface area contributed by atoms with Crippen molar-refractivity contribution >= 4 is 21.7 Å². The molecule has 0 aromatic heterocycles. The summed E-state index contributed by atoms with van der Waals surface area (Å²) < 4.78 is 23.5. The molecule has 0 unspecified atom stereocenters. The lowest BCUT2D eigenvalue weighted by atomic mass is 9.72. The molecule has 27 heavy (non-hydrogen) atoms. The number of sulfone groups is 1. The number of hydrogen-bond donors (Lipinski definition) is 2. The van der Waals surface area contributed by atoms with Gasteiger partial charge in [-0.05, 0) is 43.4 Å². The van der Waals surface area contributed by atoms with Crippen LogP contribution in [0.1, 0.15) is 43.5 Å². The number of amides is 1. The van der Waals surface area contributed by atoms with Crippen molar-refractivity contribution in [2.24, 2.45) is 11.3 Å².